The summed E-state index contributed by atoms with van der Waals surface area (Å²) < 4.78 is 8.62. The number of rotatable bonds is 5. The van der Waals surface area contributed by atoms with E-state index in [1.807, 2.05) is 65.7 Å². The zero-order valence-corrected chi connectivity index (χ0v) is 28.5. The topological polar surface area (TPSA) is 33.5 Å². The van der Waals surface area contributed by atoms with Crippen molar-refractivity contribution >= 4 is 44.6 Å². The number of para-hydroxylation sites is 4. The van der Waals surface area contributed by atoms with Crippen LogP contribution in [-0.2, 0) is 26.5 Å². The van der Waals surface area contributed by atoms with Gasteiger partial charge in [0.25, 0.3) is 0 Å². The Bertz CT molecular complexity index is 2270. The van der Waals surface area contributed by atoms with E-state index in [-0.39, 0.29) is 26.5 Å². The van der Waals surface area contributed by atoms with Gasteiger partial charge in [-0.15, -0.1) is 35.7 Å². The molecule has 47 heavy (non-hydrogen) atoms. The van der Waals surface area contributed by atoms with Gasteiger partial charge in [-0.2, -0.15) is 12.1 Å². The van der Waals surface area contributed by atoms with Gasteiger partial charge in [0.05, 0.1) is 11.4 Å². The molecule has 8 rings (SSSR count). The molecule has 3 heterocycles. The third-order valence-electron chi connectivity index (χ3n) is 8.45. The summed E-state index contributed by atoms with van der Waals surface area (Å²) in [4.78, 5) is 8.85. The first kappa shape index (κ1) is 30.5. The van der Waals surface area contributed by atoms with E-state index in [4.69, 9.17) is 16.3 Å². The second kappa shape index (κ2) is 11.9. The Morgan fingerprint density at radius 1 is 0.681 bits per heavy atom. The fourth-order valence-corrected chi connectivity index (χ4v) is 6.21. The molecule has 6 heteroatoms. The standard InChI is InChI=1S/C41H31N4O.Pt/c1-28-43(30-13-6-5-7-14-30)37-19-10-11-20-38(37)44(28)31-15-12-16-32(26-31)46-33-21-22-35-34-17-8-9-18-36(34)45(39(35)27-33)40-25-29(23-24-42-40)41(2,3)4;/h1,5-25H,2-4H3;/q-3;. The summed E-state index contributed by atoms with van der Waals surface area (Å²) in [5.41, 5.74) is 6.92. The Morgan fingerprint density at radius 2 is 1.38 bits per heavy atom. The molecule has 0 saturated carbocycles. The number of aromatic nitrogens is 2. The van der Waals surface area contributed by atoms with E-state index in [1.165, 1.54) is 5.56 Å². The molecular formula is C41H31N4OPt-3. The van der Waals surface area contributed by atoms with Crippen LogP contribution in [0.25, 0.3) is 27.6 Å². The van der Waals surface area contributed by atoms with E-state index in [9.17, 15) is 0 Å². The van der Waals surface area contributed by atoms with E-state index in [0.717, 1.165) is 50.4 Å². The number of fused-ring (bicyclic) bond motifs is 4. The van der Waals surface area contributed by atoms with Crippen LogP contribution in [0.2, 0.25) is 0 Å². The van der Waals surface area contributed by atoms with Gasteiger partial charge in [0.2, 0.25) is 0 Å². The second-order valence-corrected chi connectivity index (χ2v) is 12.4. The molecule has 7 aromatic rings. The third-order valence-corrected chi connectivity index (χ3v) is 8.45. The number of ether oxygens (including phenoxy) is 1. The van der Waals surface area contributed by atoms with Crippen LogP contribution < -0.4 is 14.5 Å². The van der Waals surface area contributed by atoms with Crippen molar-refractivity contribution in [3.63, 3.8) is 0 Å². The molecule has 5 aromatic carbocycles. The minimum atomic E-state index is -0.00983. The SMILES string of the molecule is [CH-]=C1N(c2[c-]c(Oc3[c-]c4c(cc3)c3ccccc3n4-c3cc(C(C)(C)C)ccn3)ccc2)c2ccccc2N1c1ccccc1.[Pt]. The van der Waals surface area contributed by atoms with Crippen LogP contribution in [0, 0.1) is 18.7 Å². The zero-order valence-electron chi connectivity index (χ0n) is 26.2. The number of nitrogens with zero attached hydrogens (tertiary/aromatic N) is 4. The number of anilines is 4. The molecule has 2 aromatic heterocycles. The van der Waals surface area contributed by atoms with Gasteiger partial charge >= 0.3 is 0 Å². The van der Waals surface area contributed by atoms with Gasteiger partial charge in [-0.1, -0.05) is 86.3 Å². The van der Waals surface area contributed by atoms with E-state index in [0.29, 0.717) is 17.3 Å². The van der Waals surface area contributed by atoms with Crippen molar-refractivity contribution in [1.82, 2.24) is 9.55 Å². The first-order valence-corrected chi connectivity index (χ1v) is 15.4. The van der Waals surface area contributed by atoms with Crippen molar-refractivity contribution in [3.8, 4) is 17.3 Å². The molecule has 0 fully saturated rings. The van der Waals surface area contributed by atoms with E-state index in [1.54, 1.807) is 0 Å². The Balaban J connectivity index is 0.00000351. The predicted molar refractivity (Wildman–Crippen MR) is 186 cm³/mol. The number of hydrogen-bond donors (Lipinski definition) is 0. The van der Waals surface area contributed by atoms with Crippen LogP contribution in [0.5, 0.6) is 11.5 Å². The van der Waals surface area contributed by atoms with Gasteiger partial charge in [-0.3, -0.25) is 0 Å². The predicted octanol–water partition coefficient (Wildman–Crippen LogP) is 10.4. The van der Waals surface area contributed by atoms with Crippen LogP contribution in [-0.4, -0.2) is 9.55 Å². The van der Waals surface area contributed by atoms with Gasteiger partial charge in [-0.25, -0.2) is 4.98 Å². The molecule has 0 unspecified atom stereocenters. The molecule has 0 N–H and O–H groups in total. The van der Waals surface area contributed by atoms with Crippen molar-refractivity contribution < 1.29 is 25.8 Å². The van der Waals surface area contributed by atoms with Crippen molar-refractivity contribution in [3.05, 3.63) is 158 Å². The maximum absolute atomic E-state index is 6.84. The van der Waals surface area contributed by atoms with Gasteiger partial charge in [-0.05, 0) is 58.8 Å². The summed E-state index contributed by atoms with van der Waals surface area (Å²) in [5, 5.41) is 2.22. The summed E-state index contributed by atoms with van der Waals surface area (Å²) in [7, 11) is 0. The van der Waals surface area contributed by atoms with Gasteiger partial charge in [0.1, 0.15) is 5.82 Å². The zero-order chi connectivity index (χ0) is 31.4. The minimum Gasteiger partial charge on any atom is -0.509 e. The Kier molecular flexibility index (Phi) is 7.74. The Morgan fingerprint density at radius 3 is 2.17 bits per heavy atom. The second-order valence-electron chi connectivity index (χ2n) is 12.4. The largest absolute Gasteiger partial charge is 0.509 e. The quantitative estimate of drug-likeness (QED) is 0.163. The number of hydrogen-bond acceptors (Lipinski definition) is 4. The summed E-state index contributed by atoms with van der Waals surface area (Å²) in [5.74, 6) is 2.57. The number of pyridine rings is 1. The smallest absolute Gasteiger partial charge is 0.135 e. The molecule has 0 radical (unpaired) electrons. The maximum Gasteiger partial charge on any atom is 0.135 e. The number of benzene rings is 5. The molecule has 0 atom stereocenters. The molecule has 0 bridgehead atoms. The molecule has 0 saturated heterocycles. The van der Waals surface area contributed by atoms with Crippen LogP contribution in [0.1, 0.15) is 26.3 Å². The van der Waals surface area contributed by atoms with Crippen molar-refractivity contribution in [2.45, 2.75) is 26.2 Å². The van der Waals surface area contributed by atoms with Gasteiger partial charge < -0.3 is 25.7 Å². The van der Waals surface area contributed by atoms with Crippen LogP contribution in [0.3, 0.4) is 0 Å². The fraction of sp³-hybridized carbons (Fsp3) is 0.0976. The van der Waals surface area contributed by atoms with E-state index in [2.05, 4.69) is 109 Å². The Hall–Kier alpha value is -5.12. The normalized spacial score (nSPS) is 12.8. The maximum atomic E-state index is 6.84. The fourth-order valence-electron chi connectivity index (χ4n) is 6.21. The van der Waals surface area contributed by atoms with E-state index < -0.39 is 0 Å². The van der Waals surface area contributed by atoms with Crippen molar-refractivity contribution in [2.75, 3.05) is 9.80 Å². The van der Waals surface area contributed by atoms with Gasteiger partial charge in [0, 0.05) is 50.0 Å². The van der Waals surface area contributed by atoms with Crippen LogP contribution in [0.4, 0.5) is 22.7 Å². The first-order chi connectivity index (χ1) is 22.4. The average Bonchev–Trinajstić information content (AvgIpc) is 3.56. The molecular weight excluding hydrogens is 760 g/mol. The molecule has 0 spiro atoms. The van der Waals surface area contributed by atoms with Crippen molar-refractivity contribution in [1.29, 1.82) is 0 Å². The summed E-state index contributed by atoms with van der Waals surface area (Å²) in [6.07, 6.45) is 1.88. The molecule has 234 valence electrons. The first-order valence-electron chi connectivity index (χ1n) is 15.4. The summed E-state index contributed by atoms with van der Waals surface area (Å²) in [6, 6.07) is 47.9. The van der Waals surface area contributed by atoms with Crippen molar-refractivity contribution in [2.24, 2.45) is 0 Å². The summed E-state index contributed by atoms with van der Waals surface area (Å²) in [6.45, 7) is 13.5. The average molecular weight is 791 g/mol. The monoisotopic (exact) mass is 790 g/mol. The van der Waals surface area contributed by atoms with Crippen LogP contribution in [0.15, 0.2) is 133 Å². The molecule has 0 amide bonds. The van der Waals surface area contributed by atoms with E-state index >= 15 is 0 Å². The molecule has 1 aliphatic rings. The van der Waals surface area contributed by atoms with Crippen LogP contribution >= 0.6 is 0 Å². The minimum absolute atomic E-state index is 0. The Labute approximate surface area is 289 Å². The molecule has 0 aliphatic carbocycles. The molecule has 1 aliphatic heterocycles. The molecule has 5 nitrogen and oxygen atoms in total. The third kappa shape index (κ3) is 5.31. The van der Waals surface area contributed by atoms with Gasteiger partial charge in [0.15, 0.2) is 0 Å². The summed E-state index contributed by atoms with van der Waals surface area (Å²) >= 11 is 0.